The van der Waals surface area contributed by atoms with Crippen molar-refractivity contribution in [3.63, 3.8) is 0 Å². The fourth-order valence-electron chi connectivity index (χ4n) is 2.11. The van der Waals surface area contributed by atoms with Crippen molar-refractivity contribution in [3.05, 3.63) is 69.8 Å². The van der Waals surface area contributed by atoms with Gasteiger partial charge >= 0.3 is 5.97 Å². The lowest BCUT2D eigenvalue weighted by Gasteiger charge is -2.06. The van der Waals surface area contributed by atoms with Gasteiger partial charge in [-0.2, -0.15) is 0 Å². The van der Waals surface area contributed by atoms with E-state index in [4.69, 9.17) is 23.2 Å². The summed E-state index contributed by atoms with van der Waals surface area (Å²) in [5.41, 5.74) is 2.35. The van der Waals surface area contributed by atoms with E-state index in [0.717, 1.165) is 0 Å². The van der Waals surface area contributed by atoms with E-state index in [9.17, 15) is 9.90 Å². The van der Waals surface area contributed by atoms with Gasteiger partial charge in [0.1, 0.15) is 5.70 Å². The molecule has 0 atom stereocenters. The second-order valence-corrected chi connectivity index (χ2v) is 5.47. The molecular weight excluding hydrogens is 323 g/mol. The molecule has 0 saturated carbocycles. The molecule has 1 aliphatic rings. The van der Waals surface area contributed by atoms with Crippen molar-refractivity contribution in [1.29, 1.82) is 0 Å². The van der Waals surface area contributed by atoms with E-state index in [1.807, 2.05) is 6.07 Å². The van der Waals surface area contributed by atoms with Crippen LogP contribution in [0.5, 0.6) is 0 Å². The summed E-state index contributed by atoms with van der Waals surface area (Å²) in [6, 6.07) is 12.2. The SMILES string of the molecule is O=C(O)C1=CC(c2ccc(Cl)cc2Cl)=Nc2ccccc2N1. The van der Waals surface area contributed by atoms with Crippen molar-refractivity contribution in [2.75, 3.05) is 5.32 Å². The normalized spacial score (nSPS) is 13.4. The van der Waals surface area contributed by atoms with Gasteiger partial charge in [-0.3, -0.25) is 0 Å². The first-order valence-electron chi connectivity index (χ1n) is 6.40. The number of carboxylic acids is 1. The van der Waals surface area contributed by atoms with Crippen LogP contribution in [0.1, 0.15) is 5.56 Å². The number of aliphatic imine (C=N–C) groups is 1. The van der Waals surface area contributed by atoms with Crippen molar-refractivity contribution in [2.24, 2.45) is 4.99 Å². The van der Waals surface area contributed by atoms with Crippen LogP contribution in [-0.2, 0) is 4.79 Å². The number of nitrogens with zero attached hydrogens (tertiary/aromatic N) is 1. The number of allylic oxidation sites excluding steroid dienone is 1. The molecule has 2 N–H and O–H groups in total. The van der Waals surface area contributed by atoms with Gasteiger partial charge in [0, 0.05) is 10.6 Å². The fourth-order valence-corrected chi connectivity index (χ4v) is 2.61. The summed E-state index contributed by atoms with van der Waals surface area (Å²) in [5.74, 6) is -1.07. The van der Waals surface area contributed by atoms with Crippen LogP contribution in [0.2, 0.25) is 10.0 Å². The number of carboxylic acid groups (broad SMARTS) is 1. The zero-order chi connectivity index (χ0) is 15.7. The Morgan fingerprint density at radius 3 is 2.64 bits per heavy atom. The standard InChI is InChI=1S/C16H10Cl2N2O2/c17-9-5-6-10(11(18)7-9)14-8-15(16(21)22)20-13-4-2-1-3-12(13)19-14/h1-8,20H,(H,21,22). The van der Waals surface area contributed by atoms with Crippen molar-refractivity contribution in [1.82, 2.24) is 0 Å². The van der Waals surface area contributed by atoms with Gasteiger partial charge in [0.2, 0.25) is 0 Å². The van der Waals surface area contributed by atoms with Gasteiger partial charge in [-0.15, -0.1) is 0 Å². The maximum Gasteiger partial charge on any atom is 0.352 e. The predicted molar refractivity (Wildman–Crippen MR) is 88.4 cm³/mol. The summed E-state index contributed by atoms with van der Waals surface area (Å²) in [6.07, 6.45) is 1.46. The van der Waals surface area contributed by atoms with E-state index < -0.39 is 5.97 Å². The summed E-state index contributed by atoms with van der Waals surface area (Å²) < 4.78 is 0. The highest BCUT2D eigenvalue weighted by Gasteiger charge is 2.17. The molecule has 110 valence electrons. The average molecular weight is 333 g/mol. The number of carbonyl (C=O) groups is 1. The van der Waals surface area contributed by atoms with E-state index in [1.54, 1.807) is 36.4 Å². The Hall–Kier alpha value is -2.30. The number of hydrogen-bond acceptors (Lipinski definition) is 3. The number of aliphatic carboxylic acids is 1. The molecule has 2 aromatic rings. The molecule has 0 aliphatic carbocycles. The lowest BCUT2D eigenvalue weighted by Crippen LogP contribution is -2.11. The number of halogens is 2. The van der Waals surface area contributed by atoms with Crippen molar-refractivity contribution >= 4 is 46.3 Å². The molecule has 0 amide bonds. The van der Waals surface area contributed by atoms with Crippen LogP contribution in [0, 0.1) is 0 Å². The molecule has 1 aliphatic heterocycles. The molecule has 0 aromatic heterocycles. The summed E-state index contributed by atoms with van der Waals surface area (Å²) >= 11 is 12.1. The van der Waals surface area contributed by atoms with Gasteiger partial charge in [-0.05, 0) is 36.4 Å². The minimum absolute atomic E-state index is 0.0229. The topological polar surface area (TPSA) is 61.7 Å². The first kappa shape index (κ1) is 14.6. The predicted octanol–water partition coefficient (Wildman–Crippen LogP) is 4.51. The molecule has 0 saturated heterocycles. The fraction of sp³-hybridized carbons (Fsp3) is 0. The number of anilines is 1. The third-order valence-corrected chi connectivity index (χ3v) is 3.68. The van der Waals surface area contributed by atoms with E-state index in [-0.39, 0.29) is 5.70 Å². The van der Waals surface area contributed by atoms with Gasteiger partial charge in [-0.25, -0.2) is 9.79 Å². The van der Waals surface area contributed by atoms with Gasteiger partial charge in [0.05, 0.1) is 22.1 Å². The molecule has 0 unspecified atom stereocenters. The van der Waals surface area contributed by atoms with Gasteiger partial charge < -0.3 is 10.4 Å². The van der Waals surface area contributed by atoms with E-state index in [0.29, 0.717) is 32.7 Å². The van der Waals surface area contributed by atoms with Gasteiger partial charge in [0.25, 0.3) is 0 Å². The molecular formula is C16H10Cl2N2O2. The Balaban J connectivity index is 2.20. The second-order valence-electron chi connectivity index (χ2n) is 4.63. The monoisotopic (exact) mass is 332 g/mol. The molecule has 0 radical (unpaired) electrons. The second kappa shape index (κ2) is 5.83. The van der Waals surface area contributed by atoms with Crippen LogP contribution < -0.4 is 5.32 Å². The van der Waals surface area contributed by atoms with Crippen LogP contribution in [-0.4, -0.2) is 16.8 Å². The Morgan fingerprint density at radius 1 is 1.14 bits per heavy atom. The molecule has 4 nitrogen and oxygen atoms in total. The summed E-state index contributed by atoms with van der Waals surface area (Å²) in [4.78, 5) is 15.9. The smallest absolute Gasteiger partial charge is 0.352 e. The van der Waals surface area contributed by atoms with Gasteiger partial charge in [-0.1, -0.05) is 35.3 Å². The highest BCUT2D eigenvalue weighted by Crippen LogP contribution is 2.31. The van der Waals surface area contributed by atoms with E-state index in [1.165, 1.54) is 6.08 Å². The Bertz CT molecular complexity index is 829. The maximum absolute atomic E-state index is 11.4. The molecule has 6 heteroatoms. The lowest BCUT2D eigenvalue weighted by atomic mass is 10.1. The Kier molecular flexibility index (Phi) is 3.88. The largest absolute Gasteiger partial charge is 0.477 e. The third-order valence-electron chi connectivity index (χ3n) is 3.13. The van der Waals surface area contributed by atoms with Crippen LogP contribution in [0.3, 0.4) is 0 Å². The average Bonchev–Trinajstić information content (AvgIpc) is 2.66. The van der Waals surface area contributed by atoms with E-state index in [2.05, 4.69) is 10.3 Å². The summed E-state index contributed by atoms with van der Waals surface area (Å²) in [5, 5.41) is 13.1. The highest BCUT2D eigenvalue weighted by atomic mass is 35.5. The molecule has 0 spiro atoms. The van der Waals surface area contributed by atoms with Crippen LogP contribution in [0.25, 0.3) is 0 Å². The molecule has 1 heterocycles. The number of benzene rings is 2. The highest BCUT2D eigenvalue weighted by molar-refractivity contribution is 6.37. The number of rotatable bonds is 2. The minimum Gasteiger partial charge on any atom is -0.477 e. The minimum atomic E-state index is -1.07. The number of nitrogens with one attached hydrogen (secondary N) is 1. The van der Waals surface area contributed by atoms with Crippen LogP contribution in [0.15, 0.2) is 59.2 Å². The number of para-hydroxylation sites is 2. The quantitative estimate of drug-likeness (QED) is 0.850. The summed E-state index contributed by atoms with van der Waals surface area (Å²) in [7, 11) is 0. The third kappa shape index (κ3) is 2.84. The molecule has 0 fully saturated rings. The van der Waals surface area contributed by atoms with Gasteiger partial charge in [0.15, 0.2) is 0 Å². The zero-order valence-electron chi connectivity index (χ0n) is 11.2. The zero-order valence-corrected chi connectivity index (χ0v) is 12.7. The maximum atomic E-state index is 11.4. The summed E-state index contributed by atoms with van der Waals surface area (Å²) in [6.45, 7) is 0. The van der Waals surface area contributed by atoms with Crippen molar-refractivity contribution in [3.8, 4) is 0 Å². The van der Waals surface area contributed by atoms with Crippen molar-refractivity contribution < 1.29 is 9.90 Å². The molecule has 0 bridgehead atoms. The van der Waals surface area contributed by atoms with E-state index >= 15 is 0 Å². The first-order chi connectivity index (χ1) is 10.5. The number of hydrogen-bond donors (Lipinski definition) is 2. The number of fused-ring (bicyclic) bond motifs is 1. The molecule has 2 aromatic carbocycles. The van der Waals surface area contributed by atoms with Crippen LogP contribution >= 0.6 is 23.2 Å². The first-order valence-corrected chi connectivity index (χ1v) is 7.15. The van der Waals surface area contributed by atoms with Crippen LogP contribution in [0.4, 0.5) is 11.4 Å². The van der Waals surface area contributed by atoms with Crippen molar-refractivity contribution in [2.45, 2.75) is 0 Å². The molecule has 22 heavy (non-hydrogen) atoms. The lowest BCUT2D eigenvalue weighted by molar-refractivity contribution is -0.132. The molecule has 3 rings (SSSR count). The Morgan fingerprint density at radius 2 is 1.91 bits per heavy atom. The Labute approximate surface area is 136 Å².